The standard InChI is InChI=1S/C23H24FN5O/c24-19-8-4-7-18(13-19)22-25-20-14-23(26-21(30)16-29(20)27-22)9-11-28(12-10-23)15-17-5-2-1-3-6-17/h1-8,13H,9-12,14-16H2,(H,26,30). The Labute approximate surface area is 174 Å². The van der Waals surface area contributed by atoms with E-state index >= 15 is 0 Å². The molecular formula is C23H24FN5O. The van der Waals surface area contributed by atoms with Crippen molar-refractivity contribution in [1.82, 2.24) is 25.0 Å². The van der Waals surface area contributed by atoms with E-state index < -0.39 is 0 Å². The predicted molar refractivity (Wildman–Crippen MR) is 111 cm³/mol. The number of piperidine rings is 1. The van der Waals surface area contributed by atoms with Gasteiger partial charge in [0.1, 0.15) is 18.2 Å². The predicted octanol–water partition coefficient (Wildman–Crippen LogP) is 2.79. The molecule has 1 amide bonds. The van der Waals surface area contributed by atoms with E-state index in [9.17, 15) is 9.18 Å². The van der Waals surface area contributed by atoms with Gasteiger partial charge in [0.25, 0.3) is 0 Å². The van der Waals surface area contributed by atoms with E-state index in [-0.39, 0.29) is 23.8 Å². The third-order valence-corrected chi connectivity index (χ3v) is 6.09. The maximum atomic E-state index is 13.6. The second-order valence-electron chi connectivity index (χ2n) is 8.29. The fraction of sp³-hybridized carbons (Fsp3) is 0.348. The number of nitrogens with zero attached hydrogens (tertiary/aromatic N) is 4. The number of fused-ring (bicyclic) bond motifs is 1. The number of aromatic nitrogens is 3. The number of carbonyl (C=O) groups excluding carboxylic acids is 1. The molecule has 1 saturated heterocycles. The molecule has 3 heterocycles. The number of carbonyl (C=O) groups is 1. The minimum atomic E-state index is -0.322. The molecule has 1 N–H and O–H groups in total. The van der Waals surface area contributed by atoms with E-state index in [4.69, 9.17) is 0 Å². The van der Waals surface area contributed by atoms with Gasteiger partial charge in [-0.15, -0.1) is 0 Å². The van der Waals surface area contributed by atoms with E-state index in [1.165, 1.54) is 17.7 Å². The quantitative estimate of drug-likeness (QED) is 0.728. The fourth-order valence-electron chi connectivity index (χ4n) is 4.48. The molecule has 2 aliphatic heterocycles. The van der Waals surface area contributed by atoms with Crippen LogP contribution in [0.1, 0.15) is 24.2 Å². The van der Waals surface area contributed by atoms with E-state index in [0.29, 0.717) is 17.8 Å². The maximum Gasteiger partial charge on any atom is 0.242 e. The first kappa shape index (κ1) is 18.9. The average Bonchev–Trinajstić information content (AvgIpc) is 3.07. The van der Waals surface area contributed by atoms with Gasteiger partial charge < -0.3 is 5.32 Å². The van der Waals surface area contributed by atoms with Gasteiger partial charge in [0.05, 0.1) is 0 Å². The second-order valence-corrected chi connectivity index (χ2v) is 8.29. The maximum absolute atomic E-state index is 13.6. The summed E-state index contributed by atoms with van der Waals surface area (Å²) in [5, 5.41) is 7.74. The van der Waals surface area contributed by atoms with Crippen molar-refractivity contribution in [2.45, 2.75) is 37.9 Å². The van der Waals surface area contributed by atoms with Crippen molar-refractivity contribution < 1.29 is 9.18 Å². The summed E-state index contributed by atoms with van der Waals surface area (Å²) in [5.41, 5.74) is 1.63. The molecule has 7 heteroatoms. The largest absolute Gasteiger partial charge is 0.349 e. The summed E-state index contributed by atoms with van der Waals surface area (Å²) in [6, 6.07) is 16.7. The molecule has 0 atom stereocenters. The molecule has 30 heavy (non-hydrogen) atoms. The number of likely N-dealkylation sites (tertiary alicyclic amines) is 1. The Morgan fingerprint density at radius 3 is 2.63 bits per heavy atom. The highest BCUT2D eigenvalue weighted by atomic mass is 19.1. The van der Waals surface area contributed by atoms with Crippen LogP contribution in [0.15, 0.2) is 54.6 Å². The van der Waals surface area contributed by atoms with Gasteiger partial charge in [0.2, 0.25) is 5.91 Å². The van der Waals surface area contributed by atoms with Crippen LogP contribution in [0.4, 0.5) is 4.39 Å². The third kappa shape index (κ3) is 3.85. The first-order valence-corrected chi connectivity index (χ1v) is 10.4. The number of nitrogens with one attached hydrogen (secondary N) is 1. The summed E-state index contributed by atoms with van der Waals surface area (Å²) in [7, 11) is 0. The topological polar surface area (TPSA) is 63.1 Å². The lowest BCUT2D eigenvalue weighted by molar-refractivity contribution is -0.123. The van der Waals surface area contributed by atoms with Gasteiger partial charge in [-0.1, -0.05) is 42.5 Å². The summed E-state index contributed by atoms with van der Waals surface area (Å²) in [6.45, 7) is 2.90. The van der Waals surface area contributed by atoms with Crippen molar-refractivity contribution in [2.75, 3.05) is 13.1 Å². The van der Waals surface area contributed by atoms with Gasteiger partial charge in [-0.2, -0.15) is 5.10 Å². The van der Waals surface area contributed by atoms with E-state index in [2.05, 4.69) is 44.6 Å². The van der Waals surface area contributed by atoms with Crippen LogP contribution in [0.3, 0.4) is 0 Å². The van der Waals surface area contributed by atoms with Crippen molar-refractivity contribution >= 4 is 5.91 Å². The zero-order valence-electron chi connectivity index (χ0n) is 16.7. The van der Waals surface area contributed by atoms with Gasteiger partial charge in [-0.3, -0.25) is 9.69 Å². The molecule has 0 unspecified atom stereocenters. The fourth-order valence-corrected chi connectivity index (χ4v) is 4.48. The van der Waals surface area contributed by atoms with Crippen LogP contribution in [-0.2, 0) is 24.3 Å². The molecule has 0 aliphatic carbocycles. The van der Waals surface area contributed by atoms with Crippen LogP contribution in [0.2, 0.25) is 0 Å². The van der Waals surface area contributed by atoms with Crippen LogP contribution >= 0.6 is 0 Å². The summed E-state index contributed by atoms with van der Waals surface area (Å²) in [6.07, 6.45) is 2.38. The SMILES string of the molecule is O=C1Cn2nc(-c3cccc(F)c3)nc2CC2(CCN(Cc3ccccc3)CC2)N1. The van der Waals surface area contributed by atoms with E-state index in [1.54, 1.807) is 16.8 Å². The van der Waals surface area contributed by atoms with Gasteiger partial charge in [-0.25, -0.2) is 14.1 Å². The van der Waals surface area contributed by atoms with Crippen LogP contribution in [0.25, 0.3) is 11.4 Å². The molecule has 3 aromatic rings. The Bertz CT molecular complexity index is 1060. The Morgan fingerprint density at radius 2 is 1.87 bits per heavy atom. The molecule has 2 aromatic carbocycles. The molecule has 0 saturated carbocycles. The lowest BCUT2D eigenvalue weighted by atomic mass is 9.84. The number of amides is 1. The van der Waals surface area contributed by atoms with Crippen molar-refractivity contribution in [3.8, 4) is 11.4 Å². The normalized spacial score (nSPS) is 18.6. The van der Waals surface area contributed by atoms with Crippen molar-refractivity contribution in [3.05, 3.63) is 71.8 Å². The molecule has 1 aromatic heterocycles. The Balaban J connectivity index is 1.34. The van der Waals surface area contributed by atoms with E-state index in [0.717, 1.165) is 38.3 Å². The molecule has 2 aliphatic rings. The second kappa shape index (κ2) is 7.65. The highest BCUT2D eigenvalue weighted by molar-refractivity contribution is 5.77. The van der Waals surface area contributed by atoms with Crippen molar-refractivity contribution in [3.63, 3.8) is 0 Å². The highest BCUT2D eigenvalue weighted by Crippen LogP contribution is 2.29. The molecule has 1 fully saturated rings. The summed E-state index contributed by atoms with van der Waals surface area (Å²) >= 11 is 0. The monoisotopic (exact) mass is 405 g/mol. The van der Waals surface area contributed by atoms with Gasteiger partial charge in [-0.05, 0) is 30.5 Å². The van der Waals surface area contributed by atoms with Crippen LogP contribution in [0, 0.1) is 5.82 Å². The molecule has 0 radical (unpaired) electrons. The number of hydrogen-bond acceptors (Lipinski definition) is 4. The highest BCUT2D eigenvalue weighted by Gasteiger charge is 2.39. The average molecular weight is 405 g/mol. The zero-order chi connectivity index (χ0) is 20.6. The van der Waals surface area contributed by atoms with Crippen LogP contribution in [0.5, 0.6) is 0 Å². The van der Waals surface area contributed by atoms with Crippen molar-refractivity contribution in [1.29, 1.82) is 0 Å². The summed E-state index contributed by atoms with van der Waals surface area (Å²) in [4.78, 5) is 19.7. The minimum absolute atomic E-state index is 0.0408. The zero-order valence-corrected chi connectivity index (χ0v) is 16.7. The van der Waals surface area contributed by atoms with E-state index in [1.807, 2.05) is 6.07 Å². The van der Waals surface area contributed by atoms with Crippen molar-refractivity contribution in [2.24, 2.45) is 0 Å². The smallest absolute Gasteiger partial charge is 0.242 e. The molecular weight excluding hydrogens is 381 g/mol. The first-order chi connectivity index (χ1) is 14.6. The van der Waals surface area contributed by atoms with Crippen LogP contribution in [-0.4, -0.2) is 44.2 Å². The van der Waals surface area contributed by atoms with Gasteiger partial charge in [0.15, 0.2) is 5.82 Å². The molecule has 154 valence electrons. The van der Waals surface area contributed by atoms with Gasteiger partial charge >= 0.3 is 0 Å². The molecule has 6 nitrogen and oxygen atoms in total. The number of hydrogen-bond donors (Lipinski definition) is 1. The van der Waals surface area contributed by atoms with Gasteiger partial charge in [0, 0.05) is 37.2 Å². The molecule has 0 bridgehead atoms. The number of halogens is 1. The Hall–Kier alpha value is -3.06. The molecule has 1 spiro atoms. The lowest BCUT2D eigenvalue weighted by Crippen LogP contribution is -2.56. The minimum Gasteiger partial charge on any atom is -0.349 e. The lowest BCUT2D eigenvalue weighted by Gasteiger charge is -2.41. The number of benzene rings is 2. The summed E-state index contributed by atoms with van der Waals surface area (Å²) < 4.78 is 15.3. The Kier molecular flexibility index (Phi) is 4.83. The van der Waals surface area contributed by atoms with Crippen LogP contribution < -0.4 is 5.32 Å². The Morgan fingerprint density at radius 1 is 1.07 bits per heavy atom. The molecule has 5 rings (SSSR count). The third-order valence-electron chi connectivity index (χ3n) is 6.09. The first-order valence-electron chi connectivity index (χ1n) is 10.4. The number of rotatable bonds is 3. The summed E-state index contributed by atoms with van der Waals surface area (Å²) in [5.74, 6) is 0.887.